The van der Waals surface area contributed by atoms with Gasteiger partial charge in [-0.15, -0.1) is 0 Å². The van der Waals surface area contributed by atoms with Crippen molar-refractivity contribution in [3.8, 4) is 11.4 Å². The van der Waals surface area contributed by atoms with Crippen molar-refractivity contribution in [3.05, 3.63) is 48.5 Å². The highest BCUT2D eigenvalue weighted by atomic mass is 16.2. The van der Waals surface area contributed by atoms with Crippen LogP contribution in [0.25, 0.3) is 16.9 Å². The SMILES string of the molecule is CC(C)n1cnc(-c2cc(C(=O)N3CCC(N(C)C)CC3)c3ccccn23)c1. The van der Waals surface area contributed by atoms with Crippen LogP contribution < -0.4 is 0 Å². The maximum atomic E-state index is 13.3. The first-order chi connectivity index (χ1) is 13.5. The Morgan fingerprint density at radius 1 is 1.21 bits per heavy atom. The van der Waals surface area contributed by atoms with Crippen molar-refractivity contribution in [2.24, 2.45) is 0 Å². The molecule has 1 fully saturated rings. The number of carbonyl (C=O) groups is 1. The first-order valence-electron chi connectivity index (χ1n) is 10.1. The highest BCUT2D eigenvalue weighted by Crippen LogP contribution is 2.28. The summed E-state index contributed by atoms with van der Waals surface area (Å²) in [6, 6.07) is 8.91. The van der Waals surface area contributed by atoms with Gasteiger partial charge in [-0.25, -0.2) is 4.98 Å². The Labute approximate surface area is 166 Å². The van der Waals surface area contributed by atoms with Gasteiger partial charge >= 0.3 is 0 Å². The van der Waals surface area contributed by atoms with E-state index in [2.05, 4.69) is 53.0 Å². The zero-order valence-electron chi connectivity index (χ0n) is 17.2. The molecule has 6 heteroatoms. The Morgan fingerprint density at radius 2 is 1.96 bits per heavy atom. The van der Waals surface area contributed by atoms with Gasteiger partial charge in [-0.05, 0) is 59.0 Å². The third kappa shape index (κ3) is 3.33. The molecule has 4 heterocycles. The minimum absolute atomic E-state index is 0.121. The summed E-state index contributed by atoms with van der Waals surface area (Å²) in [5.74, 6) is 0.121. The summed E-state index contributed by atoms with van der Waals surface area (Å²) in [6.07, 6.45) is 7.96. The molecule has 0 saturated carbocycles. The molecule has 6 nitrogen and oxygen atoms in total. The van der Waals surface area contributed by atoms with Gasteiger partial charge < -0.3 is 18.8 Å². The molecule has 0 atom stereocenters. The molecule has 0 aromatic carbocycles. The Bertz CT molecular complexity index is 976. The van der Waals surface area contributed by atoms with Crippen LogP contribution >= 0.6 is 0 Å². The standard InChI is InChI=1S/C22H29N5O/c1-16(2)26-14-19(23-15-26)21-13-18(20-7-5-6-10-27(20)21)22(28)25-11-8-17(9-12-25)24(3)4/h5-7,10,13-17H,8-9,11-12H2,1-4H3. The summed E-state index contributed by atoms with van der Waals surface area (Å²) < 4.78 is 4.16. The van der Waals surface area contributed by atoms with Crippen molar-refractivity contribution < 1.29 is 4.79 Å². The molecule has 28 heavy (non-hydrogen) atoms. The van der Waals surface area contributed by atoms with Crippen LogP contribution in [0.5, 0.6) is 0 Å². The second-order valence-corrected chi connectivity index (χ2v) is 8.19. The van der Waals surface area contributed by atoms with E-state index < -0.39 is 0 Å². The van der Waals surface area contributed by atoms with E-state index in [9.17, 15) is 4.79 Å². The van der Waals surface area contributed by atoms with Crippen molar-refractivity contribution in [2.45, 2.75) is 38.8 Å². The molecular formula is C22H29N5O. The Balaban J connectivity index is 1.67. The number of carbonyl (C=O) groups excluding carboxylic acids is 1. The number of nitrogens with zero attached hydrogens (tertiary/aromatic N) is 5. The summed E-state index contributed by atoms with van der Waals surface area (Å²) in [5, 5.41) is 0. The van der Waals surface area contributed by atoms with Gasteiger partial charge in [0.15, 0.2) is 0 Å². The number of hydrogen-bond donors (Lipinski definition) is 0. The van der Waals surface area contributed by atoms with Crippen LogP contribution in [0.4, 0.5) is 0 Å². The topological polar surface area (TPSA) is 45.8 Å². The molecule has 3 aromatic heterocycles. The third-order valence-electron chi connectivity index (χ3n) is 5.85. The fourth-order valence-electron chi connectivity index (χ4n) is 4.03. The van der Waals surface area contributed by atoms with Gasteiger partial charge in [0.1, 0.15) is 5.69 Å². The second kappa shape index (κ2) is 7.43. The van der Waals surface area contributed by atoms with Crippen LogP contribution in [0, 0.1) is 0 Å². The minimum Gasteiger partial charge on any atom is -0.338 e. The summed E-state index contributed by atoms with van der Waals surface area (Å²) in [6.45, 7) is 5.88. The molecule has 0 spiro atoms. The lowest BCUT2D eigenvalue weighted by Gasteiger charge is -2.35. The van der Waals surface area contributed by atoms with Crippen LogP contribution in [0.1, 0.15) is 43.1 Å². The first-order valence-corrected chi connectivity index (χ1v) is 10.1. The highest BCUT2D eigenvalue weighted by molar-refractivity contribution is 6.02. The smallest absolute Gasteiger partial charge is 0.256 e. The monoisotopic (exact) mass is 379 g/mol. The van der Waals surface area contributed by atoms with E-state index in [0.29, 0.717) is 12.1 Å². The average Bonchev–Trinajstić information content (AvgIpc) is 3.32. The lowest BCUT2D eigenvalue weighted by molar-refractivity contribution is 0.0665. The van der Waals surface area contributed by atoms with Crippen molar-refractivity contribution in [3.63, 3.8) is 0 Å². The molecule has 0 N–H and O–H groups in total. The largest absolute Gasteiger partial charge is 0.338 e. The lowest BCUT2D eigenvalue weighted by atomic mass is 10.0. The van der Waals surface area contributed by atoms with Crippen LogP contribution in [0.15, 0.2) is 43.0 Å². The van der Waals surface area contributed by atoms with E-state index in [0.717, 1.165) is 48.4 Å². The van der Waals surface area contributed by atoms with Crippen molar-refractivity contribution in [1.82, 2.24) is 23.8 Å². The zero-order chi connectivity index (χ0) is 19.8. The molecule has 0 bridgehead atoms. The molecule has 0 unspecified atom stereocenters. The number of likely N-dealkylation sites (tertiary alicyclic amines) is 1. The van der Waals surface area contributed by atoms with E-state index in [1.165, 1.54) is 0 Å². The predicted octanol–water partition coefficient (Wildman–Crippen LogP) is 3.55. The van der Waals surface area contributed by atoms with Crippen molar-refractivity contribution >= 4 is 11.4 Å². The van der Waals surface area contributed by atoms with Crippen molar-refractivity contribution in [2.75, 3.05) is 27.2 Å². The van der Waals surface area contributed by atoms with Crippen LogP contribution in [-0.2, 0) is 0 Å². The molecule has 0 radical (unpaired) electrons. The van der Waals surface area contributed by atoms with Gasteiger partial charge in [0.25, 0.3) is 5.91 Å². The molecule has 1 aliphatic heterocycles. The van der Waals surface area contributed by atoms with Gasteiger partial charge in [0.2, 0.25) is 0 Å². The maximum Gasteiger partial charge on any atom is 0.256 e. The van der Waals surface area contributed by atoms with Gasteiger partial charge in [0, 0.05) is 37.6 Å². The summed E-state index contributed by atoms with van der Waals surface area (Å²) >= 11 is 0. The number of pyridine rings is 1. The van der Waals surface area contributed by atoms with Gasteiger partial charge in [-0.3, -0.25) is 4.79 Å². The summed E-state index contributed by atoms with van der Waals surface area (Å²) in [4.78, 5) is 22.2. The average molecular weight is 380 g/mol. The molecule has 4 rings (SSSR count). The van der Waals surface area contributed by atoms with Crippen LogP contribution in [-0.4, -0.2) is 62.9 Å². The highest BCUT2D eigenvalue weighted by Gasteiger charge is 2.27. The van der Waals surface area contributed by atoms with E-state index >= 15 is 0 Å². The Morgan fingerprint density at radius 3 is 2.61 bits per heavy atom. The summed E-state index contributed by atoms with van der Waals surface area (Å²) in [7, 11) is 4.23. The van der Waals surface area contributed by atoms with Gasteiger partial charge in [0.05, 0.1) is 23.1 Å². The number of fused-ring (bicyclic) bond motifs is 1. The van der Waals surface area contributed by atoms with E-state index in [1.807, 2.05) is 41.7 Å². The Kier molecular flexibility index (Phi) is 4.98. The lowest BCUT2D eigenvalue weighted by Crippen LogP contribution is -2.44. The molecule has 3 aromatic rings. The maximum absolute atomic E-state index is 13.3. The van der Waals surface area contributed by atoms with Crippen LogP contribution in [0.2, 0.25) is 0 Å². The fraction of sp³-hybridized carbons (Fsp3) is 0.455. The first kappa shape index (κ1) is 18.7. The predicted molar refractivity (Wildman–Crippen MR) is 112 cm³/mol. The van der Waals surface area contributed by atoms with E-state index in [-0.39, 0.29) is 5.91 Å². The number of hydrogen-bond acceptors (Lipinski definition) is 3. The van der Waals surface area contributed by atoms with Gasteiger partial charge in [-0.1, -0.05) is 6.07 Å². The van der Waals surface area contributed by atoms with E-state index in [4.69, 9.17) is 0 Å². The zero-order valence-corrected chi connectivity index (χ0v) is 17.2. The van der Waals surface area contributed by atoms with E-state index in [1.54, 1.807) is 0 Å². The Hall–Kier alpha value is -2.60. The molecule has 0 aliphatic carbocycles. The number of amides is 1. The second-order valence-electron chi connectivity index (χ2n) is 8.19. The summed E-state index contributed by atoms with van der Waals surface area (Å²) in [5.41, 5.74) is 3.55. The molecule has 1 saturated heterocycles. The quantitative estimate of drug-likeness (QED) is 0.696. The minimum atomic E-state index is 0.121. The molecular weight excluding hydrogens is 350 g/mol. The fourth-order valence-corrected chi connectivity index (χ4v) is 4.03. The molecule has 1 amide bonds. The molecule has 1 aliphatic rings. The number of rotatable bonds is 4. The molecule has 148 valence electrons. The third-order valence-corrected chi connectivity index (χ3v) is 5.85. The number of aromatic nitrogens is 3. The van der Waals surface area contributed by atoms with Crippen LogP contribution in [0.3, 0.4) is 0 Å². The number of piperidine rings is 1. The van der Waals surface area contributed by atoms with Crippen molar-refractivity contribution in [1.29, 1.82) is 0 Å². The van der Waals surface area contributed by atoms with Gasteiger partial charge in [-0.2, -0.15) is 0 Å². The normalized spacial score (nSPS) is 15.9. The number of imidazole rings is 1.